The van der Waals surface area contributed by atoms with Gasteiger partial charge < -0.3 is 9.47 Å². The quantitative estimate of drug-likeness (QED) is 0.476. The van der Waals surface area contributed by atoms with Crippen LogP contribution in [0.15, 0.2) is 48.5 Å². The summed E-state index contributed by atoms with van der Waals surface area (Å²) in [5, 5.41) is 2.43. The van der Waals surface area contributed by atoms with Crippen LogP contribution in [0.5, 0.6) is 11.5 Å². The van der Waals surface area contributed by atoms with Crippen molar-refractivity contribution in [1.82, 2.24) is 16.2 Å². The third-order valence-corrected chi connectivity index (χ3v) is 4.52. The van der Waals surface area contributed by atoms with Gasteiger partial charge in [0, 0.05) is 0 Å². The number of carbonyl (C=O) groups is 2. The van der Waals surface area contributed by atoms with E-state index >= 15 is 0 Å². The third-order valence-electron chi connectivity index (χ3n) is 4.32. The molecule has 8 heteroatoms. The average molecular weight is 416 g/mol. The number of benzene rings is 2. The molecule has 0 saturated heterocycles. The van der Waals surface area contributed by atoms with Gasteiger partial charge in [0.1, 0.15) is 11.5 Å². The van der Waals surface area contributed by atoms with Crippen LogP contribution in [0.1, 0.15) is 42.1 Å². The Morgan fingerprint density at radius 2 is 1.69 bits per heavy atom. The number of carbonyl (C=O) groups excluding carboxylic acids is 2. The largest absolute Gasteiger partial charge is 0.496 e. The van der Waals surface area contributed by atoms with Crippen molar-refractivity contribution in [3.8, 4) is 11.5 Å². The zero-order chi connectivity index (χ0) is 21.2. The molecule has 0 aromatic heterocycles. The molecule has 2 amide bonds. The number of methoxy groups -OCH3 is 1. The maximum atomic E-state index is 12.3. The number of hydrogen-bond donors (Lipinski definition) is 3. The summed E-state index contributed by atoms with van der Waals surface area (Å²) >= 11 is 5.04. The van der Waals surface area contributed by atoms with Gasteiger partial charge in [0.15, 0.2) is 11.7 Å². The van der Waals surface area contributed by atoms with E-state index in [0.717, 1.165) is 12.0 Å². The lowest BCUT2D eigenvalue weighted by atomic mass is 9.98. The molecule has 0 fully saturated rings. The Bertz CT molecular complexity index is 873. The number of amides is 2. The van der Waals surface area contributed by atoms with Crippen LogP contribution in [0, 0.1) is 0 Å². The summed E-state index contributed by atoms with van der Waals surface area (Å²) in [5.41, 5.74) is 6.26. The van der Waals surface area contributed by atoms with Crippen LogP contribution in [0.3, 0.4) is 0 Å². The van der Waals surface area contributed by atoms with Crippen LogP contribution in [-0.2, 0) is 4.79 Å². The Morgan fingerprint density at radius 3 is 2.38 bits per heavy atom. The second-order valence-electron chi connectivity index (χ2n) is 6.29. The molecule has 0 aliphatic rings. The molecule has 0 unspecified atom stereocenters. The molecule has 1 atom stereocenters. The summed E-state index contributed by atoms with van der Waals surface area (Å²) in [4.78, 5) is 24.3. The van der Waals surface area contributed by atoms with E-state index in [4.69, 9.17) is 21.7 Å². The first-order chi connectivity index (χ1) is 14.0. The van der Waals surface area contributed by atoms with Crippen molar-refractivity contribution in [3.63, 3.8) is 0 Å². The summed E-state index contributed by atoms with van der Waals surface area (Å²) in [6.07, 6.45) is 0.967. The van der Waals surface area contributed by atoms with E-state index in [2.05, 4.69) is 30.0 Å². The minimum Gasteiger partial charge on any atom is -0.496 e. The number of hydrazine groups is 1. The van der Waals surface area contributed by atoms with Crippen molar-refractivity contribution in [1.29, 1.82) is 0 Å². The number of nitrogens with one attached hydrogen (secondary N) is 3. The van der Waals surface area contributed by atoms with E-state index in [1.807, 2.05) is 24.3 Å². The van der Waals surface area contributed by atoms with Crippen LogP contribution in [0.2, 0.25) is 0 Å². The van der Waals surface area contributed by atoms with Gasteiger partial charge in [0.2, 0.25) is 0 Å². The Hall–Kier alpha value is -3.13. The fourth-order valence-electron chi connectivity index (χ4n) is 2.58. The van der Waals surface area contributed by atoms with Gasteiger partial charge in [-0.25, -0.2) is 0 Å². The normalized spacial score (nSPS) is 11.1. The lowest BCUT2D eigenvalue weighted by Gasteiger charge is -2.16. The van der Waals surface area contributed by atoms with Crippen molar-refractivity contribution >= 4 is 29.1 Å². The van der Waals surface area contributed by atoms with Crippen LogP contribution in [-0.4, -0.2) is 30.6 Å². The highest BCUT2D eigenvalue weighted by atomic mass is 32.1. The number of rotatable bonds is 7. The predicted octanol–water partition coefficient (Wildman–Crippen LogP) is 2.92. The van der Waals surface area contributed by atoms with Crippen molar-refractivity contribution in [2.45, 2.75) is 26.2 Å². The molecule has 0 heterocycles. The van der Waals surface area contributed by atoms with E-state index in [1.54, 1.807) is 24.3 Å². The van der Waals surface area contributed by atoms with Crippen molar-refractivity contribution < 1.29 is 19.1 Å². The molecule has 0 aliphatic carbocycles. The number of para-hydroxylation sites is 2. The Balaban J connectivity index is 1.82. The minimum absolute atomic E-state index is 0.0470. The second kappa shape index (κ2) is 11.0. The Kier molecular flexibility index (Phi) is 8.42. The molecule has 2 rings (SSSR count). The fraction of sp³-hybridized carbons (Fsp3) is 0.286. The van der Waals surface area contributed by atoms with Gasteiger partial charge in [-0.3, -0.25) is 25.8 Å². The molecule has 0 saturated carbocycles. The lowest BCUT2D eigenvalue weighted by Crippen LogP contribution is -2.49. The molecule has 2 aromatic carbocycles. The third kappa shape index (κ3) is 6.46. The van der Waals surface area contributed by atoms with Crippen LogP contribution in [0.4, 0.5) is 0 Å². The molecule has 0 radical (unpaired) electrons. The van der Waals surface area contributed by atoms with Crippen molar-refractivity contribution in [3.05, 3.63) is 59.7 Å². The molecular weight excluding hydrogens is 390 g/mol. The number of hydrogen-bond acceptors (Lipinski definition) is 5. The van der Waals surface area contributed by atoms with E-state index in [1.165, 1.54) is 7.11 Å². The fourth-order valence-corrected chi connectivity index (χ4v) is 2.72. The van der Waals surface area contributed by atoms with Crippen LogP contribution < -0.4 is 25.6 Å². The molecule has 154 valence electrons. The molecule has 29 heavy (non-hydrogen) atoms. The first-order valence-corrected chi connectivity index (χ1v) is 9.62. The number of thiocarbonyl (C=S) groups is 1. The minimum atomic E-state index is -0.451. The molecular formula is C21H25N3O4S. The zero-order valence-corrected chi connectivity index (χ0v) is 17.5. The molecule has 0 spiro atoms. The summed E-state index contributed by atoms with van der Waals surface area (Å²) in [6.45, 7) is 4.01. The summed E-state index contributed by atoms with van der Waals surface area (Å²) in [7, 11) is 1.47. The van der Waals surface area contributed by atoms with E-state index in [0.29, 0.717) is 23.0 Å². The smallest absolute Gasteiger partial charge is 0.276 e. The Morgan fingerprint density at radius 1 is 1.03 bits per heavy atom. The van der Waals surface area contributed by atoms with Gasteiger partial charge in [0.25, 0.3) is 11.8 Å². The Labute approximate surface area is 175 Å². The van der Waals surface area contributed by atoms with Gasteiger partial charge in [-0.1, -0.05) is 44.2 Å². The van der Waals surface area contributed by atoms with Crippen molar-refractivity contribution in [2.75, 3.05) is 13.7 Å². The topological polar surface area (TPSA) is 88.7 Å². The first kappa shape index (κ1) is 22.2. The van der Waals surface area contributed by atoms with E-state index in [9.17, 15) is 9.59 Å². The maximum Gasteiger partial charge on any atom is 0.276 e. The molecule has 0 bridgehead atoms. The maximum absolute atomic E-state index is 12.3. The van der Waals surface area contributed by atoms with E-state index < -0.39 is 11.8 Å². The van der Waals surface area contributed by atoms with Crippen LogP contribution >= 0.6 is 12.2 Å². The average Bonchev–Trinajstić information content (AvgIpc) is 2.75. The first-order valence-electron chi connectivity index (χ1n) is 9.21. The SMILES string of the molecule is CC[C@@H](C)c1ccccc1OCC(=O)NNC(=S)NC(=O)c1ccccc1OC. The predicted molar refractivity (Wildman–Crippen MR) is 115 cm³/mol. The van der Waals surface area contributed by atoms with Gasteiger partial charge in [-0.15, -0.1) is 0 Å². The summed E-state index contributed by atoms with van der Waals surface area (Å²) in [6, 6.07) is 14.4. The van der Waals surface area contributed by atoms with Gasteiger partial charge >= 0.3 is 0 Å². The standard InChI is InChI=1S/C21H25N3O4S/c1-4-14(2)15-9-5-8-12-18(15)28-13-19(25)23-24-21(29)22-20(26)16-10-6-7-11-17(16)27-3/h5-12,14H,4,13H2,1-3H3,(H,23,25)(H2,22,24,26,29)/t14-/m1/s1. The monoisotopic (exact) mass is 415 g/mol. The highest BCUT2D eigenvalue weighted by Crippen LogP contribution is 2.28. The highest BCUT2D eigenvalue weighted by molar-refractivity contribution is 7.80. The molecule has 2 aromatic rings. The second-order valence-corrected chi connectivity index (χ2v) is 6.70. The zero-order valence-electron chi connectivity index (χ0n) is 16.7. The number of ether oxygens (including phenoxy) is 2. The van der Waals surface area contributed by atoms with Gasteiger partial charge in [-0.05, 0) is 48.3 Å². The summed E-state index contributed by atoms with van der Waals surface area (Å²) in [5.74, 6) is 0.533. The molecule has 0 aliphatic heterocycles. The highest BCUT2D eigenvalue weighted by Gasteiger charge is 2.14. The lowest BCUT2D eigenvalue weighted by molar-refractivity contribution is -0.123. The van der Waals surface area contributed by atoms with Crippen LogP contribution in [0.25, 0.3) is 0 Å². The van der Waals surface area contributed by atoms with Gasteiger partial charge in [-0.2, -0.15) is 0 Å². The molecule has 3 N–H and O–H groups in total. The molecule has 7 nitrogen and oxygen atoms in total. The van der Waals surface area contributed by atoms with Crippen molar-refractivity contribution in [2.24, 2.45) is 0 Å². The summed E-state index contributed by atoms with van der Waals surface area (Å²) < 4.78 is 10.8. The van der Waals surface area contributed by atoms with E-state index in [-0.39, 0.29) is 11.7 Å². The van der Waals surface area contributed by atoms with Gasteiger partial charge in [0.05, 0.1) is 12.7 Å².